The van der Waals surface area contributed by atoms with E-state index >= 15 is 0 Å². The van der Waals surface area contributed by atoms with Crippen LogP contribution < -0.4 is 10.7 Å². The van der Waals surface area contributed by atoms with E-state index in [1.54, 1.807) is 11.8 Å². The molecule has 2 heterocycles. The van der Waals surface area contributed by atoms with E-state index < -0.39 is 11.3 Å². The number of aryl methyl sites for hydroxylation is 1. The fourth-order valence-electron chi connectivity index (χ4n) is 3.36. The molecule has 2 N–H and O–H groups in total. The summed E-state index contributed by atoms with van der Waals surface area (Å²) in [6.07, 6.45) is 0.783. The highest BCUT2D eigenvalue weighted by atomic mass is 16.2. The van der Waals surface area contributed by atoms with Gasteiger partial charge >= 0.3 is 0 Å². The molecule has 2 amide bonds. The van der Waals surface area contributed by atoms with Crippen LogP contribution in [0, 0.1) is 6.92 Å². The van der Waals surface area contributed by atoms with E-state index in [0.717, 1.165) is 12.0 Å². The topological polar surface area (TPSA) is 95.2 Å². The summed E-state index contributed by atoms with van der Waals surface area (Å²) in [5, 5.41) is 9.17. The Morgan fingerprint density at radius 3 is 2.76 bits per heavy atom. The number of amides is 2. The number of carbonyl (C=O) groups excluding carboxylic acids is 2. The lowest BCUT2D eigenvalue weighted by Gasteiger charge is -2.43. The molecule has 2 aromatic rings. The number of hydrogen-bond acceptors (Lipinski definition) is 4. The Morgan fingerprint density at radius 2 is 2.04 bits per heavy atom. The number of carbonyl (C=O) groups is 2. The largest absolute Gasteiger partial charge is 0.344 e. The van der Waals surface area contributed by atoms with Gasteiger partial charge in [0.05, 0.1) is 12.0 Å². The highest BCUT2D eigenvalue weighted by Crippen LogP contribution is 2.36. The van der Waals surface area contributed by atoms with E-state index in [2.05, 4.69) is 15.5 Å². The predicted molar refractivity (Wildman–Crippen MR) is 90.3 cm³/mol. The van der Waals surface area contributed by atoms with Crippen LogP contribution >= 0.6 is 0 Å². The quantitative estimate of drug-likeness (QED) is 0.845. The van der Waals surface area contributed by atoms with Gasteiger partial charge in [-0.1, -0.05) is 24.3 Å². The van der Waals surface area contributed by atoms with Crippen LogP contribution in [0.4, 0.5) is 0 Å². The second-order valence-corrected chi connectivity index (χ2v) is 6.63. The normalized spacial score (nSPS) is 18.8. The van der Waals surface area contributed by atoms with E-state index in [0.29, 0.717) is 18.8 Å². The van der Waals surface area contributed by atoms with Crippen molar-refractivity contribution in [2.24, 2.45) is 0 Å². The van der Waals surface area contributed by atoms with Crippen molar-refractivity contribution in [3.05, 3.63) is 63.1 Å². The highest BCUT2D eigenvalue weighted by Gasteiger charge is 2.40. The second kappa shape index (κ2) is 5.84. The highest BCUT2D eigenvalue weighted by molar-refractivity contribution is 5.93. The molecule has 25 heavy (non-hydrogen) atoms. The number of nitrogens with zero attached hydrogens (tertiary/aromatic N) is 2. The molecule has 1 unspecified atom stereocenters. The first-order valence-corrected chi connectivity index (χ1v) is 8.26. The van der Waals surface area contributed by atoms with Gasteiger partial charge in [-0.05, 0) is 24.5 Å². The van der Waals surface area contributed by atoms with Crippen molar-refractivity contribution in [1.29, 1.82) is 0 Å². The van der Waals surface area contributed by atoms with Crippen LogP contribution in [0.2, 0.25) is 0 Å². The number of H-pyrrole nitrogens is 1. The summed E-state index contributed by atoms with van der Waals surface area (Å²) >= 11 is 0. The zero-order chi connectivity index (χ0) is 17.6. The first kappa shape index (κ1) is 15.6. The van der Waals surface area contributed by atoms with E-state index in [1.807, 2.05) is 24.3 Å². The Bertz CT molecular complexity index is 915. The number of aromatic nitrogens is 2. The lowest BCUT2D eigenvalue weighted by Crippen LogP contribution is -2.62. The smallest absolute Gasteiger partial charge is 0.276 e. The molecule has 1 aromatic heterocycles. The summed E-state index contributed by atoms with van der Waals surface area (Å²) < 4.78 is 0. The van der Waals surface area contributed by atoms with Crippen molar-refractivity contribution in [2.75, 3.05) is 13.1 Å². The summed E-state index contributed by atoms with van der Waals surface area (Å²) in [6.45, 7) is 2.63. The van der Waals surface area contributed by atoms with Crippen molar-refractivity contribution in [3.63, 3.8) is 0 Å². The third-order valence-corrected chi connectivity index (χ3v) is 4.82. The van der Waals surface area contributed by atoms with E-state index in [1.165, 1.54) is 11.6 Å². The first-order valence-electron chi connectivity index (χ1n) is 8.26. The summed E-state index contributed by atoms with van der Waals surface area (Å²) in [5.41, 5.74) is 2.38. The van der Waals surface area contributed by atoms with Gasteiger partial charge in [-0.3, -0.25) is 19.5 Å². The van der Waals surface area contributed by atoms with E-state index in [4.69, 9.17) is 0 Å². The number of likely N-dealkylation sites (tertiary alicyclic amines) is 1. The summed E-state index contributed by atoms with van der Waals surface area (Å²) in [5.74, 6) is -0.461. The van der Waals surface area contributed by atoms with Crippen LogP contribution in [0.15, 0.2) is 35.1 Å². The zero-order valence-corrected chi connectivity index (χ0v) is 13.8. The Labute approximate surface area is 144 Å². The molecule has 1 saturated heterocycles. The Kier molecular flexibility index (Phi) is 3.63. The minimum absolute atomic E-state index is 0.0607. The molecule has 4 rings (SSSR count). The maximum absolute atomic E-state index is 12.5. The average molecular weight is 338 g/mol. The van der Waals surface area contributed by atoms with Gasteiger partial charge in [-0.2, -0.15) is 5.10 Å². The molecule has 0 radical (unpaired) electrons. The minimum atomic E-state index is -0.507. The van der Waals surface area contributed by atoms with Gasteiger partial charge in [-0.15, -0.1) is 0 Å². The number of rotatable bonds is 3. The number of hydrogen-bond donors (Lipinski definition) is 2. The molecule has 0 spiro atoms. The Morgan fingerprint density at radius 1 is 1.28 bits per heavy atom. The number of benzene rings is 1. The van der Waals surface area contributed by atoms with E-state index in [9.17, 15) is 14.4 Å². The summed E-state index contributed by atoms with van der Waals surface area (Å²) in [4.78, 5) is 38.2. The van der Waals surface area contributed by atoms with Gasteiger partial charge in [0.25, 0.3) is 5.91 Å². The van der Waals surface area contributed by atoms with Crippen LogP contribution in [0.25, 0.3) is 0 Å². The molecule has 2 aliphatic rings. The molecule has 1 aliphatic heterocycles. The third kappa shape index (κ3) is 2.71. The van der Waals surface area contributed by atoms with Gasteiger partial charge in [-0.25, -0.2) is 0 Å². The van der Waals surface area contributed by atoms with Crippen molar-refractivity contribution in [3.8, 4) is 0 Å². The predicted octanol–water partition coefficient (Wildman–Crippen LogP) is 0.359. The SMILES string of the molecule is Cc1cc(=O)c(C(=O)NC2CN(C(=O)C3Cc4ccccc43)C2)n[nH]1. The maximum atomic E-state index is 12.5. The molecule has 1 atom stereocenters. The second-order valence-electron chi connectivity index (χ2n) is 6.63. The monoisotopic (exact) mass is 338 g/mol. The van der Waals surface area contributed by atoms with Gasteiger partial charge < -0.3 is 10.2 Å². The van der Waals surface area contributed by atoms with Crippen molar-refractivity contribution >= 4 is 11.8 Å². The minimum Gasteiger partial charge on any atom is -0.344 e. The van der Waals surface area contributed by atoms with E-state index in [-0.39, 0.29) is 23.6 Å². The molecular weight excluding hydrogens is 320 g/mol. The molecule has 0 saturated carbocycles. The molecule has 128 valence electrons. The third-order valence-electron chi connectivity index (χ3n) is 4.82. The fraction of sp³-hybridized carbons (Fsp3) is 0.333. The lowest BCUT2D eigenvalue weighted by molar-refractivity contribution is -0.138. The Balaban J connectivity index is 1.33. The summed E-state index contributed by atoms with van der Waals surface area (Å²) in [7, 11) is 0. The fourth-order valence-corrected chi connectivity index (χ4v) is 3.36. The van der Waals surface area contributed by atoms with Gasteiger partial charge in [0.1, 0.15) is 0 Å². The number of aromatic amines is 1. The zero-order valence-electron chi connectivity index (χ0n) is 13.8. The molecule has 7 nitrogen and oxygen atoms in total. The molecule has 7 heteroatoms. The molecule has 1 aliphatic carbocycles. The number of fused-ring (bicyclic) bond motifs is 1. The lowest BCUT2D eigenvalue weighted by atomic mass is 9.76. The van der Waals surface area contributed by atoms with Crippen LogP contribution in [-0.2, 0) is 11.2 Å². The molecule has 0 bridgehead atoms. The summed E-state index contributed by atoms with van der Waals surface area (Å²) in [6, 6.07) is 9.17. The maximum Gasteiger partial charge on any atom is 0.276 e. The molecule has 1 aromatic carbocycles. The van der Waals surface area contributed by atoms with Gasteiger partial charge in [0, 0.05) is 24.8 Å². The van der Waals surface area contributed by atoms with Crippen LogP contribution in [-0.4, -0.2) is 46.0 Å². The van der Waals surface area contributed by atoms with Crippen LogP contribution in [0.5, 0.6) is 0 Å². The standard InChI is InChI=1S/C18H18N4O3/c1-10-6-15(23)16(21-20-10)17(24)19-12-8-22(9-12)18(25)14-7-11-4-2-3-5-13(11)14/h2-6,12,14H,7-9H2,1H3,(H,19,24)(H,20,23). The first-order chi connectivity index (χ1) is 12.0. The van der Waals surface area contributed by atoms with Crippen LogP contribution in [0.1, 0.15) is 33.2 Å². The van der Waals surface area contributed by atoms with Crippen molar-refractivity contribution in [2.45, 2.75) is 25.3 Å². The average Bonchev–Trinajstić information content (AvgIpc) is 2.51. The van der Waals surface area contributed by atoms with Crippen molar-refractivity contribution < 1.29 is 9.59 Å². The van der Waals surface area contributed by atoms with Gasteiger partial charge in [0.15, 0.2) is 5.69 Å². The molecular formula is C18H18N4O3. The van der Waals surface area contributed by atoms with Crippen LogP contribution in [0.3, 0.4) is 0 Å². The van der Waals surface area contributed by atoms with Crippen molar-refractivity contribution in [1.82, 2.24) is 20.4 Å². The van der Waals surface area contributed by atoms with Gasteiger partial charge in [0.2, 0.25) is 11.3 Å². The Hall–Kier alpha value is -2.96. The molecule has 1 fully saturated rings. The number of nitrogens with one attached hydrogen (secondary N) is 2.